The van der Waals surface area contributed by atoms with Crippen LogP contribution >= 0.6 is 0 Å². The first-order chi connectivity index (χ1) is 17.6. The molecule has 5 rings (SSSR count). The highest BCUT2D eigenvalue weighted by atomic mass is 19.1. The molecule has 2 aliphatic rings. The zero-order valence-corrected chi connectivity index (χ0v) is 20.3. The molecule has 2 fully saturated rings. The van der Waals surface area contributed by atoms with E-state index in [9.17, 15) is 0 Å². The lowest BCUT2D eigenvalue weighted by molar-refractivity contribution is 0.0874. The number of anilines is 2. The third kappa shape index (κ3) is 4.98. The number of pyridine rings is 1. The number of hydrogen-bond acceptors (Lipinski definition) is 9. The van der Waals surface area contributed by atoms with Crippen LogP contribution in [-0.2, 0) is 9.47 Å². The van der Waals surface area contributed by atoms with Gasteiger partial charge in [0.25, 0.3) is 0 Å². The number of nitrogens with zero attached hydrogens (tertiary/aromatic N) is 3. The molecule has 2 aromatic heterocycles. The molecule has 11 heteroatoms. The summed E-state index contributed by atoms with van der Waals surface area (Å²) >= 11 is 0. The fourth-order valence-electron chi connectivity index (χ4n) is 4.52. The van der Waals surface area contributed by atoms with Crippen LogP contribution in [0.5, 0.6) is 11.5 Å². The minimum atomic E-state index is -0.871. The Morgan fingerprint density at radius 1 is 1.03 bits per heavy atom. The summed E-state index contributed by atoms with van der Waals surface area (Å²) in [6.07, 6.45) is 5.47. The van der Waals surface area contributed by atoms with Crippen LogP contribution in [0.25, 0.3) is 22.2 Å². The third-order valence-corrected chi connectivity index (χ3v) is 6.41. The van der Waals surface area contributed by atoms with Gasteiger partial charge in [-0.05, 0) is 31.7 Å². The van der Waals surface area contributed by atoms with Crippen molar-refractivity contribution in [3.8, 4) is 22.8 Å². The smallest absolute Gasteiger partial charge is 0.223 e. The van der Waals surface area contributed by atoms with Crippen LogP contribution in [0.2, 0.25) is 0 Å². The summed E-state index contributed by atoms with van der Waals surface area (Å²) in [5.41, 5.74) is 0.242. The number of hydrogen-bond donors (Lipinski definition) is 2. The second kappa shape index (κ2) is 10.8. The SMILES string of the molecule is COc1cc(OC)c(F)c(-c2cc3cnc(NC4CCCOC4)nc3c(NCC3CCCO3)n2)c1F. The monoisotopic (exact) mass is 501 g/mol. The number of nitrogens with one attached hydrogen (secondary N) is 2. The van der Waals surface area contributed by atoms with Crippen molar-refractivity contribution in [3.05, 3.63) is 30.0 Å². The van der Waals surface area contributed by atoms with Gasteiger partial charge < -0.3 is 29.6 Å². The maximum Gasteiger partial charge on any atom is 0.223 e. The van der Waals surface area contributed by atoms with Crippen molar-refractivity contribution < 1.29 is 27.7 Å². The second-order valence-electron chi connectivity index (χ2n) is 8.85. The van der Waals surface area contributed by atoms with Crippen molar-refractivity contribution in [3.63, 3.8) is 0 Å². The molecular weight excluding hydrogens is 472 g/mol. The molecule has 2 aliphatic heterocycles. The average Bonchev–Trinajstić information content (AvgIpc) is 3.42. The van der Waals surface area contributed by atoms with Gasteiger partial charge in [-0.3, -0.25) is 0 Å². The Morgan fingerprint density at radius 3 is 2.47 bits per heavy atom. The number of benzene rings is 1. The van der Waals surface area contributed by atoms with Gasteiger partial charge in [-0.1, -0.05) is 0 Å². The molecule has 1 aromatic carbocycles. The highest BCUT2D eigenvalue weighted by Crippen LogP contribution is 2.38. The lowest BCUT2D eigenvalue weighted by Gasteiger charge is -2.23. The van der Waals surface area contributed by atoms with E-state index in [-0.39, 0.29) is 34.9 Å². The zero-order chi connectivity index (χ0) is 25.1. The largest absolute Gasteiger partial charge is 0.494 e. The summed E-state index contributed by atoms with van der Waals surface area (Å²) in [7, 11) is 2.61. The Morgan fingerprint density at radius 2 is 1.81 bits per heavy atom. The second-order valence-corrected chi connectivity index (χ2v) is 8.85. The normalized spacial score (nSPS) is 19.9. The summed E-state index contributed by atoms with van der Waals surface area (Å²) in [5.74, 6) is -1.22. The summed E-state index contributed by atoms with van der Waals surface area (Å²) in [6, 6.07) is 2.83. The zero-order valence-electron chi connectivity index (χ0n) is 20.3. The van der Waals surface area contributed by atoms with Crippen LogP contribution in [0, 0.1) is 11.6 Å². The maximum atomic E-state index is 15.3. The number of aromatic nitrogens is 3. The fraction of sp³-hybridized carbons (Fsp3) is 0.480. The minimum absolute atomic E-state index is 0.0229. The molecule has 2 unspecified atom stereocenters. The van der Waals surface area contributed by atoms with Crippen LogP contribution in [0.15, 0.2) is 18.3 Å². The number of rotatable bonds is 8. The quantitative estimate of drug-likeness (QED) is 0.471. The topological polar surface area (TPSA) is 99.7 Å². The molecule has 192 valence electrons. The van der Waals surface area contributed by atoms with Gasteiger partial charge >= 0.3 is 0 Å². The summed E-state index contributed by atoms with van der Waals surface area (Å²) in [5, 5.41) is 7.16. The van der Waals surface area contributed by atoms with Crippen molar-refractivity contribution in [2.75, 3.05) is 51.2 Å². The minimum Gasteiger partial charge on any atom is -0.494 e. The Balaban J connectivity index is 1.58. The van der Waals surface area contributed by atoms with Crippen LogP contribution < -0.4 is 20.1 Å². The van der Waals surface area contributed by atoms with Crippen molar-refractivity contribution in [1.82, 2.24) is 15.0 Å². The predicted octanol–water partition coefficient (Wildman–Crippen LogP) is 4.17. The van der Waals surface area contributed by atoms with Crippen molar-refractivity contribution in [1.29, 1.82) is 0 Å². The molecule has 0 saturated carbocycles. The molecule has 3 aromatic rings. The first-order valence-electron chi connectivity index (χ1n) is 12.0. The molecule has 0 bridgehead atoms. The number of halogens is 2. The van der Waals surface area contributed by atoms with E-state index in [0.29, 0.717) is 42.4 Å². The first kappa shape index (κ1) is 24.4. The van der Waals surface area contributed by atoms with Crippen molar-refractivity contribution in [2.45, 2.75) is 37.8 Å². The van der Waals surface area contributed by atoms with Crippen molar-refractivity contribution in [2.24, 2.45) is 0 Å². The van der Waals surface area contributed by atoms with Gasteiger partial charge in [0.05, 0.1) is 44.2 Å². The van der Waals surface area contributed by atoms with Gasteiger partial charge in [0.1, 0.15) is 5.52 Å². The molecule has 0 spiro atoms. The van der Waals surface area contributed by atoms with Crippen molar-refractivity contribution >= 4 is 22.7 Å². The molecule has 4 heterocycles. The van der Waals surface area contributed by atoms with Crippen LogP contribution in [0.4, 0.5) is 20.5 Å². The number of fused-ring (bicyclic) bond motifs is 1. The Kier molecular flexibility index (Phi) is 7.28. The number of methoxy groups -OCH3 is 2. The molecule has 2 atom stereocenters. The maximum absolute atomic E-state index is 15.3. The van der Waals surface area contributed by atoms with Crippen LogP contribution in [-0.4, -0.2) is 67.7 Å². The molecule has 2 saturated heterocycles. The standard InChI is InChI=1S/C25H29F2N5O4/c1-33-18-10-19(34-2)22(27)20(21(18)26)17-9-14-11-29-25(30-15-5-3-7-35-13-15)32-23(14)24(31-17)28-12-16-6-4-8-36-16/h9-11,15-16H,3-8,12-13H2,1-2H3,(H,28,31)(H,29,30,32). The molecule has 0 aliphatic carbocycles. The van der Waals surface area contributed by atoms with E-state index in [1.807, 2.05) is 0 Å². The van der Waals surface area contributed by atoms with Gasteiger partial charge in [-0.15, -0.1) is 0 Å². The summed E-state index contributed by atoms with van der Waals surface area (Å²) in [4.78, 5) is 13.7. The molecular formula is C25H29F2N5O4. The summed E-state index contributed by atoms with van der Waals surface area (Å²) < 4.78 is 52.0. The van der Waals surface area contributed by atoms with Gasteiger partial charge in [0, 0.05) is 37.4 Å². The van der Waals surface area contributed by atoms with E-state index >= 15 is 8.78 Å². The van der Waals surface area contributed by atoms with Gasteiger partial charge in [-0.2, -0.15) is 0 Å². The Bertz CT molecular complexity index is 1200. The van der Waals surface area contributed by atoms with E-state index < -0.39 is 11.6 Å². The van der Waals surface area contributed by atoms with E-state index in [1.54, 1.807) is 12.3 Å². The lowest BCUT2D eigenvalue weighted by Crippen LogP contribution is -2.30. The Labute approximate surface area is 207 Å². The van der Waals surface area contributed by atoms with Crippen LogP contribution in [0.3, 0.4) is 0 Å². The van der Waals surface area contributed by atoms with Crippen LogP contribution in [0.1, 0.15) is 25.7 Å². The van der Waals surface area contributed by atoms with Gasteiger partial charge in [0.15, 0.2) is 29.0 Å². The highest BCUT2D eigenvalue weighted by molar-refractivity contribution is 5.92. The molecule has 9 nitrogen and oxygen atoms in total. The molecule has 36 heavy (non-hydrogen) atoms. The van der Waals surface area contributed by atoms with E-state index in [1.165, 1.54) is 20.3 Å². The van der Waals surface area contributed by atoms with E-state index in [2.05, 4.69) is 25.6 Å². The van der Waals surface area contributed by atoms with E-state index in [4.69, 9.17) is 18.9 Å². The highest BCUT2D eigenvalue weighted by Gasteiger charge is 2.25. The molecule has 0 radical (unpaired) electrons. The van der Waals surface area contributed by atoms with Gasteiger partial charge in [0.2, 0.25) is 5.95 Å². The Hall–Kier alpha value is -3.31. The average molecular weight is 502 g/mol. The van der Waals surface area contributed by atoms with Gasteiger partial charge in [-0.25, -0.2) is 23.7 Å². The van der Waals surface area contributed by atoms with E-state index in [0.717, 1.165) is 32.3 Å². The first-order valence-corrected chi connectivity index (χ1v) is 12.0. The molecule has 2 N–H and O–H groups in total. The number of ether oxygens (including phenoxy) is 4. The third-order valence-electron chi connectivity index (χ3n) is 6.41. The fourth-order valence-corrected chi connectivity index (χ4v) is 4.52. The molecule has 0 amide bonds. The lowest BCUT2D eigenvalue weighted by atomic mass is 10.1. The predicted molar refractivity (Wildman–Crippen MR) is 131 cm³/mol. The summed E-state index contributed by atoms with van der Waals surface area (Å²) in [6.45, 7) is 2.53.